The van der Waals surface area contributed by atoms with Crippen LogP contribution in [0.1, 0.15) is 18.9 Å². The average molecular weight is 275 g/mol. The molecule has 1 aromatic carbocycles. The van der Waals surface area contributed by atoms with Gasteiger partial charge in [-0.25, -0.2) is 4.79 Å². The third-order valence-electron chi connectivity index (χ3n) is 2.88. The average Bonchev–Trinajstić information content (AvgIpc) is 2.84. The zero-order valence-electron chi connectivity index (χ0n) is 11.2. The summed E-state index contributed by atoms with van der Waals surface area (Å²) in [7, 11) is 0. The van der Waals surface area contributed by atoms with E-state index < -0.39 is 6.09 Å². The molecule has 1 amide bonds. The summed E-state index contributed by atoms with van der Waals surface area (Å²) in [6.45, 7) is 1.60. The molecule has 1 aliphatic rings. The number of amides is 1. The molecular weight excluding hydrogens is 258 g/mol. The quantitative estimate of drug-likeness (QED) is 0.675. The van der Waals surface area contributed by atoms with Gasteiger partial charge in [0.1, 0.15) is 12.7 Å². The number of nitrogens with one attached hydrogen (secondary N) is 1. The fourth-order valence-electron chi connectivity index (χ4n) is 1.99. The highest BCUT2D eigenvalue weighted by atomic mass is 16.6. The van der Waals surface area contributed by atoms with Crippen molar-refractivity contribution in [2.24, 2.45) is 0 Å². The number of benzene rings is 1. The first-order valence-corrected chi connectivity index (χ1v) is 6.46. The summed E-state index contributed by atoms with van der Waals surface area (Å²) in [4.78, 5) is 22.4. The van der Waals surface area contributed by atoms with Crippen molar-refractivity contribution < 1.29 is 19.1 Å². The lowest BCUT2D eigenvalue weighted by molar-refractivity contribution is -0.144. The van der Waals surface area contributed by atoms with Crippen LogP contribution < -0.4 is 5.32 Å². The molecule has 1 aliphatic carbocycles. The van der Waals surface area contributed by atoms with Crippen molar-refractivity contribution in [1.29, 1.82) is 0 Å². The Balaban J connectivity index is 1.71. The Labute approximate surface area is 117 Å². The fourth-order valence-corrected chi connectivity index (χ4v) is 1.99. The lowest BCUT2D eigenvalue weighted by Crippen LogP contribution is -2.34. The second kappa shape index (κ2) is 6.75. The van der Waals surface area contributed by atoms with E-state index in [4.69, 9.17) is 9.47 Å². The van der Waals surface area contributed by atoms with Crippen LogP contribution in [0, 0.1) is 0 Å². The van der Waals surface area contributed by atoms with Crippen LogP contribution in [0.5, 0.6) is 0 Å². The van der Waals surface area contributed by atoms with Crippen LogP contribution in [0.25, 0.3) is 0 Å². The molecule has 2 atom stereocenters. The zero-order valence-corrected chi connectivity index (χ0v) is 11.2. The van der Waals surface area contributed by atoms with Crippen LogP contribution in [0.3, 0.4) is 0 Å². The lowest BCUT2D eigenvalue weighted by Gasteiger charge is -2.14. The van der Waals surface area contributed by atoms with Crippen LogP contribution in [0.15, 0.2) is 42.5 Å². The molecule has 0 aromatic heterocycles. The van der Waals surface area contributed by atoms with Gasteiger partial charge in [0.15, 0.2) is 0 Å². The standard InChI is InChI=1S/C15H17NO4/c1-11(17)20-14-8-7-13(9-14)16-15(18)19-10-12-5-3-2-4-6-12/h2-8,13-14H,9-10H2,1H3,(H,16,18)/t13-,14+/m0/s1. The molecule has 106 valence electrons. The van der Waals surface area contributed by atoms with Gasteiger partial charge < -0.3 is 14.8 Å². The van der Waals surface area contributed by atoms with Crippen molar-refractivity contribution in [3.63, 3.8) is 0 Å². The van der Waals surface area contributed by atoms with Gasteiger partial charge in [-0.1, -0.05) is 36.4 Å². The molecule has 0 bridgehead atoms. The highest BCUT2D eigenvalue weighted by Gasteiger charge is 2.22. The Morgan fingerprint density at radius 3 is 2.70 bits per heavy atom. The highest BCUT2D eigenvalue weighted by molar-refractivity contribution is 5.68. The highest BCUT2D eigenvalue weighted by Crippen LogP contribution is 2.14. The van der Waals surface area contributed by atoms with Crippen LogP contribution >= 0.6 is 0 Å². The van der Waals surface area contributed by atoms with Crippen molar-refractivity contribution in [3.05, 3.63) is 48.0 Å². The summed E-state index contributed by atoms with van der Waals surface area (Å²) in [6, 6.07) is 9.30. The predicted molar refractivity (Wildman–Crippen MR) is 72.9 cm³/mol. The largest absolute Gasteiger partial charge is 0.458 e. The summed E-state index contributed by atoms with van der Waals surface area (Å²) < 4.78 is 10.1. The SMILES string of the molecule is CC(=O)O[C@@H]1C=C[C@H](NC(=O)OCc2ccccc2)C1. The molecule has 0 fully saturated rings. The van der Waals surface area contributed by atoms with Gasteiger partial charge in [-0.15, -0.1) is 0 Å². The maximum absolute atomic E-state index is 11.6. The summed E-state index contributed by atoms with van der Waals surface area (Å²) in [5, 5.41) is 2.71. The molecule has 1 aromatic rings. The van der Waals surface area contributed by atoms with Gasteiger partial charge in [0.2, 0.25) is 0 Å². The molecule has 20 heavy (non-hydrogen) atoms. The Bertz CT molecular complexity index is 498. The number of rotatable bonds is 4. The number of alkyl carbamates (subject to hydrolysis) is 1. The molecule has 0 unspecified atom stereocenters. The molecule has 0 spiro atoms. The van der Waals surface area contributed by atoms with Crippen molar-refractivity contribution in [1.82, 2.24) is 5.32 Å². The minimum atomic E-state index is -0.480. The smallest absolute Gasteiger partial charge is 0.407 e. The third-order valence-corrected chi connectivity index (χ3v) is 2.88. The first-order valence-electron chi connectivity index (χ1n) is 6.46. The van der Waals surface area contributed by atoms with Gasteiger partial charge in [-0.2, -0.15) is 0 Å². The molecule has 0 heterocycles. The minimum Gasteiger partial charge on any atom is -0.458 e. The number of carbonyl (C=O) groups is 2. The predicted octanol–water partition coefficient (Wildman–Crippen LogP) is 2.17. The van der Waals surface area contributed by atoms with Crippen LogP contribution in [0.2, 0.25) is 0 Å². The van der Waals surface area contributed by atoms with Gasteiger partial charge >= 0.3 is 12.1 Å². The third kappa shape index (κ3) is 4.42. The Kier molecular flexibility index (Phi) is 4.76. The van der Waals surface area contributed by atoms with E-state index in [1.54, 1.807) is 12.2 Å². The topological polar surface area (TPSA) is 64.6 Å². The van der Waals surface area contributed by atoms with Gasteiger partial charge in [0.25, 0.3) is 0 Å². The van der Waals surface area contributed by atoms with E-state index in [2.05, 4.69) is 5.32 Å². The maximum Gasteiger partial charge on any atom is 0.407 e. The van der Waals surface area contributed by atoms with Crippen molar-refractivity contribution in [2.75, 3.05) is 0 Å². The number of hydrogen-bond acceptors (Lipinski definition) is 4. The Morgan fingerprint density at radius 1 is 1.25 bits per heavy atom. The Morgan fingerprint density at radius 2 is 2.00 bits per heavy atom. The number of hydrogen-bond donors (Lipinski definition) is 1. The second-order valence-electron chi connectivity index (χ2n) is 4.58. The second-order valence-corrected chi connectivity index (χ2v) is 4.58. The number of carbonyl (C=O) groups excluding carboxylic acids is 2. The van der Waals surface area contributed by atoms with E-state index in [1.165, 1.54) is 6.92 Å². The molecule has 5 heteroatoms. The van der Waals surface area contributed by atoms with E-state index in [0.29, 0.717) is 6.42 Å². The van der Waals surface area contributed by atoms with E-state index >= 15 is 0 Å². The monoisotopic (exact) mass is 275 g/mol. The van der Waals surface area contributed by atoms with Crippen LogP contribution in [-0.2, 0) is 20.9 Å². The van der Waals surface area contributed by atoms with Crippen molar-refractivity contribution >= 4 is 12.1 Å². The van der Waals surface area contributed by atoms with Gasteiger partial charge in [0.05, 0.1) is 6.04 Å². The molecule has 1 N–H and O–H groups in total. The molecule has 0 aliphatic heterocycles. The maximum atomic E-state index is 11.6. The van der Waals surface area contributed by atoms with E-state index in [-0.39, 0.29) is 24.7 Å². The fraction of sp³-hybridized carbons (Fsp3) is 0.333. The lowest BCUT2D eigenvalue weighted by atomic mass is 10.2. The molecular formula is C15H17NO4. The van der Waals surface area contributed by atoms with Gasteiger partial charge in [-0.05, 0) is 11.6 Å². The van der Waals surface area contributed by atoms with E-state index in [9.17, 15) is 9.59 Å². The van der Waals surface area contributed by atoms with Gasteiger partial charge in [0, 0.05) is 13.3 Å². The number of esters is 1. The van der Waals surface area contributed by atoms with Crippen LogP contribution in [0.4, 0.5) is 4.79 Å². The van der Waals surface area contributed by atoms with Crippen LogP contribution in [-0.4, -0.2) is 24.2 Å². The molecule has 2 rings (SSSR count). The summed E-state index contributed by atoms with van der Waals surface area (Å²) >= 11 is 0. The first kappa shape index (κ1) is 14.1. The Hall–Kier alpha value is -2.30. The zero-order chi connectivity index (χ0) is 14.4. The normalized spacial score (nSPS) is 20.4. The van der Waals surface area contributed by atoms with Gasteiger partial charge in [-0.3, -0.25) is 4.79 Å². The van der Waals surface area contributed by atoms with Crippen molar-refractivity contribution in [3.8, 4) is 0 Å². The number of ether oxygens (including phenoxy) is 2. The molecule has 0 saturated heterocycles. The first-order chi connectivity index (χ1) is 9.63. The summed E-state index contributed by atoms with van der Waals surface area (Å²) in [6.07, 6.45) is 3.36. The summed E-state index contributed by atoms with van der Waals surface area (Å²) in [5.74, 6) is -0.327. The van der Waals surface area contributed by atoms with E-state index in [1.807, 2.05) is 30.3 Å². The molecule has 0 radical (unpaired) electrons. The van der Waals surface area contributed by atoms with Crippen molar-refractivity contribution in [2.45, 2.75) is 32.1 Å². The molecule has 5 nitrogen and oxygen atoms in total. The van der Waals surface area contributed by atoms with E-state index in [0.717, 1.165) is 5.56 Å². The summed E-state index contributed by atoms with van der Waals surface area (Å²) in [5.41, 5.74) is 0.933. The molecule has 0 saturated carbocycles. The minimum absolute atomic E-state index is 0.164.